The number of benzene rings is 1. The summed E-state index contributed by atoms with van der Waals surface area (Å²) in [7, 11) is 3.26. The van der Waals surface area contributed by atoms with Crippen molar-refractivity contribution < 1.29 is 14.6 Å². The van der Waals surface area contributed by atoms with E-state index in [0.29, 0.717) is 6.54 Å². The van der Waals surface area contributed by atoms with E-state index in [1.807, 2.05) is 37.4 Å². The molecule has 2 N–H and O–H groups in total. The van der Waals surface area contributed by atoms with Crippen molar-refractivity contribution in [3.05, 3.63) is 42.2 Å². The largest absolute Gasteiger partial charge is 0.497 e. The molecule has 0 saturated heterocycles. The van der Waals surface area contributed by atoms with Gasteiger partial charge >= 0.3 is 6.03 Å². The maximum absolute atomic E-state index is 11.9. The van der Waals surface area contributed by atoms with Gasteiger partial charge in [-0.15, -0.1) is 0 Å². The lowest BCUT2D eigenvalue weighted by Crippen LogP contribution is -2.39. The molecular formula is C16H22N4O3. The Hall–Kier alpha value is -2.54. The van der Waals surface area contributed by atoms with Gasteiger partial charge in [0.15, 0.2) is 0 Å². The van der Waals surface area contributed by atoms with E-state index in [0.717, 1.165) is 17.0 Å². The van der Waals surface area contributed by atoms with E-state index in [4.69, 9.17) is 9.84 Å². The average Bonchev–Trinajstić information content (AvgIpc) is 3.05. The fraction of sp³-hybridized carbons (Fsp3) is 0.375. The Labute approximate surface area is 135 Å². The zero-order chi connectivity index (χ0) is 16.8. The van der Waals surface area contributed by atoms with Crippen molar-refractivity contribution in [3.8, 4) is 11.4 Å². The first-order valence-corrected chi connectivity index (χ1v) is 7.36. The predicted octanol–water partition coefficient (Wildman–Crippen LogP) is 1.58. The molecule has 1 aromatic heterocycles. The molecule has 0 fully saturated rings. The number of hydrogen-bond acceptors (Lipinski definition) is 4. The molecule has 7 nitrogen and oxygen atoms in total. The summed E-state index contributed by atoms with van der Waals surface area (Å²) < 4.78 is 6.94. The molecule has 2 amide bonds. The van der Waals surface area contributed by atoms with Crippen molar-refractivity contribution in [2.45, 2.75) is 13.0 Å². The van der Waals surface area contributed by atoms with Crippen LogP contribution in [0.1, 0.15) is 18.5 Å². The Balaban J connectivity index is 2.07. The van der Waals surface area contributed by atoms with Crippen molar-refractivity contribution in [1.29, 1.82) is 0 Å². The SMILES string of the molecule is COc1cccc(-n2cc([C@@H](C)NC(=O)N(C)CCO)cn2)c1. The molecule has 0 bridgehead atoms. The smallest absolute Gasteiger partial charge is 0.317 e. The Morgan fingerprint density at radius 1 is 1.52 bits per heavy atom. The van der Waals surface area contributed by atoms with Gasteiger partial charge in [0.1, 0.15) is 5.75 Å². The molecule has 1 aromatic carbocycles. The number of carbonyl (C=O) groups excluding carboxylic acids is 1. The van der Waals surface area contributed by atoms with Crippen LogP contribution in [0.25, 0.3) is 5.69 Å². The lowest BCUT2D eigenvalue weighted by Gasteiger charge is -2.19. The molecule has 0 radical (unpaired) electrons. The number of methoxy groups -OCH3 is 1. The van der Waals surface area contributed by atoms with Crippen LogP contribution in [0.4, 0.5) is 4.79 Å². The van der Waals surface area contributed by atoms with Gasteiger partial charge in [0.25, 0.3) is 0 Å². The zero-order valence-corrected chi connectivity index (χ0v) is 13.6. The first kappa shape index (κ1) is 16.8. The number of amides is 2. The first-order valence-electron chi connectivity index (χ1n) is 7.36. The minimum Gasteiger partial charge on any atom is -0.497 e. The van der Waals surface area contributed by atoms with Crippen LogP contribution in [-0.4, -0.2) is 53.1 Å². The van der Waals surface area contributed by atoms with E-state index in [1.165, 1.54) is 4.90 Å². The minimum absolute atomic E-state index is 0.0634. The summed E-state index contributed by atoms with van der Waals surface area (Å²) >= 11 is 0. The summed E-state index contributed by atoms with van der Waals surface area (Å²) in [6.45, 7) is 2.12. The zero-order valence-electron chi connectivity index (χ0n) is 13.6. The maximum Gasteiger partial charge on any atom is 0.317 e. The molecule has 0 aliphatic rings. The summed E-state index contributed by atoms with van der Waals surface area (Å²) in [5.74, 6) is 0.756. The van der Waals surface area contributed by atoms with Crippen LogP contribution in [-0.2, 0) is 0 Å². The number of aliphatic hydroxyl groups is 1. The van der Waals surface area contributed by atoms with Crippen molar-refractivity contribution in [2.75, 3.05) is 27.3 Å². The van der Waals surface area contributed by atoms with E-state index < -0.39 is 0 Å². The van der Waals surface area contributed by atoms with Crippen LogP contribution in [0.2, 0.25) is 0 Å². The number of hydrogen-bond donors (Lipinski definition) is 2. The van der Waals surface area contributed by atoms with Crippen LogP contribution in [0, 0.1) is 0 Å². The number of nitrogens with one attached hydrogen (secondary N) is 1. The highest BCUT2D eigenvalue weighted by Gasteiger charge is 2.14. The van der Waals surface area contributed by atoms with Gasteiger partial charge in [-0.1, -0.05) is 6.07 Å². The Morgan fingerprint density at radius 3 is 3.00 bits per heavy atom. The van der Waals surface area contributed by atoms with Crippen molar-refractivity contribution in [1.82, 2.24) is 20.0 Å². The molecule has 2 aromatic rings. The molecule has 0 saturated carbocycles. The van der Waals surface area contributed by atoms with Crippen LogP contribution in [0.3, 0.4) is 0 Å². The average molecular weight is 318 g/mol. The predicted molar refractivity (Wildman–Crippen MR) is 86.8 cm³/mol. The quantitative estimate of drug-likeness (QED) is 0.847. The lowest BCUT2D eigenvalue weighted by molar-refractivity contribution is 0.188. The second-order valence-corrected chi connectivity index (χ2v) is 5.24. The normalized spacial score (nSPS) is 11.8. The molecule has 23 heavy (non-hydrogen) atoms. The van der Waals surface area contributed by atoms with Crippen molar-refractivity contribution in [3.63, 3.8) is 0 Å². The van der Waals surface area contributed by atoms with Crippen LogP contribution >= 0.6 is 0 Å². The number of carbonyl (C=O) groups is 1. The second-order valence-electron chi connectivity index (χ2n) is 5.24. The molecule has 124 valence electrons. The number of aliphatic hydroxyl groups excluding tert-OH is 1. The van der Waals surface area contributed by atoms with Gasteiger partial charge in [0.2, 0.25) is 0 Å². The summed E-state index contributed by atoms with van der Waals surface area (Å²) in [5.41, 5.74) is 1.77. The molecule has 0 aliphatic carbocycles. The van der Waals surface area contributed by atoms with Gasteiger partial charge in [-0.25, -0.2) is 9.48 Å². The lowest BCUT2D eigenvalue weighted by atomic mass is 10.2. The summed E-state index contributed by atoms with van der Waals surface area (Å²) in [5, 5.41) is 16.1. The van der Waals surface area contributed by atoms with E-state index in [1.54, 1.807) is 25.0 Å². The van der Waals surface area contributed by atoms with Crippen molar-refractivity contribution in [2.24, 2.45) is 0 Å². The standard InChI is InChI=1S/C16H22N4O3/c1-12(18-16(22)19(2)7-8-21)13-10-17-20(11-13)14-5-4-6-15(9-14)23-3/h4-6,9-12,21H,7-8H2,1-3H3,(H,18,22)/t12-/m1/s1. The third-order valence-electron chi connectivity index (χ3n) is 3.54. The number of likely N-dealkylation sites (N-methyl/N-ethyl adjacent to an activating group) is 1. The third kappa shape index (κ3) is 4.23. The highest BCUT2D eigenvalue weighted by Crippen LogP contribution is 2.18. The van der Waals surface area contributed by atoms with E-state index in [-0.39, 0.29) is 18.7 Å². The molecule has 2 rings (SSSR count). The van der Waals surface area contributed by atoms with Gasteiger partial charge in [0.05, 0.1) is 31.6 Å². The number of aromatic nitrogens is 2. The third-order valence-corrected chi connectivity index (χ3v) is 3.54. The Kier molecular flexibility index (Phi) is 5.59. The Morgan fingerprint density at radius 2 is 2.30 bits per heavy atom. The number of nitrogens with zero attached hydrogens (tertiary/aromatic N) is 3. The monoisotopic (exact) mass is 318 g/mol. The van der Waals surface area contributed by atoms with Crippen LogP contribution in [0.15, 0.2) is 36.7 Å². The van der Waals surface area contributed by atoms with Gasteiger partial charge < -0.3 is 20.1 Å². The number of ether oxygens (including phenoxy) is 1. The topological polar surface area (TPSA) is 79.6 Å². The van der Waals surface area contributed by atoms with E-state index >= 15 is 0 Å². The second kappa shape index (κ2) is 7.64. The highest BCUT2D eigenvalue weighted by atomic mass is 16.5. The van der Waals surface area contributed by atoms with Crippen LogP contribution < -0.4 is 10.1 Å². The minimum atomic E-state index is -0.235. The van der Waals surface area contributed by atoms with Gasteiger partial charge in [-0.3, -0.25) is 0 Å². The van der Waals surface area contributed by atoms with Crippen molar-refractivity contribution >= 4 is 6.03 Å². The summed E-state index contributed by atoms with van der Waals surface area (Å²) in [6.07, 6.45) is 3.59. The fourth-order valence-electron chi connectivity index (χ4n) is 2.08. The number of rotatable bonds is 6. The van der Waals surface area contributed by atoms with Crippen LogP contribution in [0.5, 0.6) is 5.75 Å². The van der Waals surface area contributed by atoms with E-state index in [2.05, 4.69) is 10.4 Å². The van der Waals surface area contributed by atoms with Gasteiger partial charge in [-0.05, 0) is 19.1 Å². The molecular weight excluding hydrogens is 296 g/mol. The van der Waals surface area contributed by atoms with Gasteiger partial charge in [-0.2, -0.15) is 5.10 Å². The molecule has 7 heteroatoms. The molecule has 0 unspecified atom stereocenters. The maximum atomic E-state index is 11.9. The molecule has 0 spiro atoms. The fourth-order valence-corrected chi connectivity index (χ4v) is 2.08. The Bertz CT molecular complexity index is 656. The summed E-state index contributed by atoms with van der Waals surface area (Å²) in [6, 6.07) is 7.15. The number of urea groups is 1. The molecule has 1 heterocycles. The first-order chi connectivity index (χ1) is 11.0. The highest BCUT2D eigenvalue weighted by molar-refractivity contribution is 5.74. The molecule has 1 atom stereocenters. The molecule has 0 aliphatic heterocycles. The van der Waals surface area contributed by atoms with Gasteiger partial charge in [0, 0.05) is 31.4 Å². The summed E-state index contributed by atoms with van der Waals surface area (Å²) in [4.78, 5) is 13.4. The van der Waals surface area contributed by atoms with E-state index in [9.17, 15) is 4.79 Å².